The topological polar surface area (TPSA) is 88.2 Å². The van der Waals surface area contributed by atoms with Gasteiger partial charge in [0.25, 0.3) is 0 Å². The molecule has 0 bridgehead atoms. The number of nitrogens with zero attached hydrogens (tertiary/aromatic N) is 2. The van der Waals surface area contributed by atoms with Crippen molar-refractivity contribution in [2.75, 3.05) is 0 Å². The lowest BCUT2D eigenvalue weighted by atomic mass is 9.85. The summed E-state index contributed by atoms with van der Waals surface area (Å²) in [4.78, 5) is 15.5. The normalized spacial score (nSPS) is 21.1. The van der Waals surface area contributed by atoms with Gasteiger partial charge >= 0.3 is 5.97 Å². The standard InChI is InChI=1S/C21H29N3O3/c1-2-19-23-21(27-24-19)16-8-10-17(11-9-16)22-18(12-13-20(25)26)14-15-6-4-3-5-7-15/h3-7,16-18,22H,2,8-14H2,1H3,(H,25,26). The summed E-state index contributed by atoms with van der Waals surface area (Å²) in [5, 5.41) is 16.8. The number of aryl methyl sites for hydroxylation is 1. The van der Waals surface area contributed by atoms with Crippen LogP contribution in [-0.2, 0) is 17.6 Å². The molecule has 1 aromatic heterocycles. The number of rotatable bonds is 9. The highest BCUT2D eigenvalue weighted by Gasteiger charge is 2.27. The zero-order valence-corrected chi connectivity index (χ0v) is 15.9. The summed E-state index contributed by atoms with van der Waals surface area (Å²) in [6.07, 6.45) is 6.65. The van der Waals surface area contributed by atoms with Crippen LogP contribution in [0.1, 0.15) is 68.6 Å². The second kappa shape index (κ2) is 9.65. The first kappa shape index (κ1) is 19.5. The molecule has 1 heterocycles. The number of hydrogen-bond acceptors (Lipinski definition) is 5. The van der Waals surface area contributed by atoms with Crippen molar-refractivity contribution in [3.8, 4) is 0 Å². The van der Waals surface area contributed by atoms with Crippen LogP contribution in [0.5, 0.6) is 0 Å². The van der Waals surface area contributed by atoms with Crippen molar-refractivity contribution in [2.24, 2.45) is 0 Å². The number of carboxylic acid groups (broad SMARTS) is 1. The number of nitrogens with one attached hydrogen (secondary N) is 1. The van der Waals surface area contributed by atoms with Crippen molar-refractivity contribution in [1.29, 1.82) is 0 Å². The molecule has 1 atom stereocenters. The molecule has 1 saturated carbocycles. The van der Waals surface area contributed by atoms with Gasteiger partial charge in [-0.15, -0.1) is 0 Å². The Balaban J connectivity index is 1.53. The zero-order chi connectivity index (χ0) is 19.1. The lowest BCUT2D eigenvalue weighted by Gasteiger charge is -2.31. The van der Waals surface area contributed by atoms with Crippen LogP contribution in [0, 0.1) is 0 Å². The van der Waals surface area contributed by atoms with Gasteiger partial charge in [0.15, 0.2) is 5.82 Å². The fourth-order valence-electron chi connectivity index (χ4n) is 3.86. The highest BCUT2D eigenvalue weighted by molar-refractivity contribution is 5.66. The van der Waals surface area contributed by atoms with Crippen molar-refractivity contribution >= 4 is 5.97 Å². The maximum Gasteiger partial charge on any atom is 0.303 e. The highest BCUT2D eigenvalue weighted by atomic mass is 16.5. The molecule has 1 unspecified atom stereocenters. The summed E-state index contributed by atoms with van der Waals surface area (Å²) >= 11 is 0. The first-order valence-corrected chi connectivity index (χ1v) is 9.98. The number of aromatic nitrogens is 2. The molecule has 1 aliphatic rings. The van der Waals surface area contributed by atoms with Crippen LogP contribution >= 0.6 is 0 Å². The third kappa shape index (κ3) is 5.89. The Morgan fingerprint density at radius 1 is 1.26 bits per heavy atom. The molecular formula is C21H29N3O3. The van der Waals surface area contributed by atoms with Gasteiger partial charge in [-0.25, -0.2) is 0 Å². The van der Waals surface area contributed by atoms with Crippen molar-refractivity contribution < 1.29 is 14.4 Å². The first-order valence-electron chi connectivity index (χ1n) is 9.98. The second-order valence-corrected chi connectivity index (χ2v) is 7.44. The molecule has 2 N–H and O–H groups in total. The SMILES string of the molecule is CCc1noc(C2CCC(NC(CCC(=O)O)Cc3ccccc3)CC2)n1. The Morgan fingerprint density at radius 3 is 2.63 bits per heavy atom. The minimum Gasteiger partial charge on any atom is -0.481 e. The molecule has 0 radical (unpaired) electrons. The fourth-order valence-corrected chi connectivity index (χ4v) is 3.86. The molecule has 27 heavy (non-hydrogen) atoms. The summed E-state index contributed by atoms with van der Waals surface area (Å²) in [6.45, 7) is 2.03. The van der Waals surface area contributed by atoms with E-state index in [-0.39, 0.29) is 12.5 Å². The minimum atomic E-state index is -0.735. The van der Waals surface area contributed by atoms with E-state index in [1.54, 1.807) is 0 Å². The maximum absolute atomic E-state index is 11.0. The number of carbonyl (C=O) groups is 1. The van der Waals surface area contributed by atoms with E-state index in [0.717, 1.165) is 50.2 Å². The fraction of sp³-hybridized carbons (Fsp3) is 0.571. The minimum absolute atomic E-state index is 0.181. The Labute approximate surface area is 160 Å². The van der Waals surface area contributed by atoms with Crippen LogP contribution < -0.4 is 5.32 Å². The summed E-state index contributed by atoms with van der Waals surface area (Å²) in [6, 6.07) is 10.9. The molecule has 6 heteroatoms. The van der Waals surface area contributed by atoms with E-state index in [4.69, 9.17) is 9.63 Å². The first-order chi connectivity index (χ1) is 13.1. The second-order valence-electron chi connectivity index (χ2n) is 7.44. The molecule has 1 aromatic carbocycles. The third-order valence-electron chi connectivity index (χ3n) is 5.38. The molecule has 0 spiro atoms. The summed E-state index contributed by atoms with van der Waals surface area (Å²) < 4.78 is 5.41. The van der Waals surface area contributed by atoms with E-state index in [0.29, 0.717) is 18.4 Å². The third-order valence-corrected chi connectivity index (χ3v) is 5.38. The van der Waals surface area contributed by atoms with Crippen LogP contribution in [0.2, 0.25) is 0 Å². The largest absolute Gasteiger partial charge is 0.481 e. The maximum atomic E-state index is 11.0. The van der Waals surface area contributed by atoms with E-state index >= 15 is 0 Å². The Morgan fingerprint density at radius 2 is 2.00 bits per heavy atom. The molecule has 3 rings (SSSR count). The van der Waals surface area contributed by atoms with Gasteiger partial charge in [0.2, 0.25) is 5.89 Å². The van der Waals surface area contributed by atoms with Gasteiger partial charge in [-0.2, -0.15) is 4.98 Å². The number of aliphatic carboxylic acids is 1. The molecule has 0 amide bonds. The van der Waals surface area contributed by atoms with Crippen LogP contribution in [0.4, 0.5) is 0 Å². The Hall–Kier alpha value is -2.21. The van der Waals surface area contributed by atoms with Crippen LogP contribution in [0.15, 0.2) is 34.9 Å². The summed E-state index contributed by atoms with van der Waals surface area (Å²) in [7, 11) is 0. The molecule has 1 fully saturated rings. The summed E-state index contributed by atoms with van der Waals surface area (Å²) in [5.41, 5.74) is 1.24. The van der Waals surface area contributed by atoms with Crippen molar-refractivity contribution in [3.63, 3.8) is 0 Å². The quantitative estimate of drug-likeness (QED) is 0.698. The van der Waals surface area contributed by atoms with Crippen LogP contribution in [-0.4, -0.2) is 33.3 Å². The average Bonchev–Trinajstić information content (AvgIpc) is 3.17. The molecule has 6 nitrogen and oxygen atoms in total. The molecular weight excluding hydrogens is 342 g/mol. The van der Waals surface area contributed by atoms with Crippen molar-refractivity contribution in [3.05, 3.63) is 47.6 Å². The van der Waals surface area contributed by atoms with E-state index in [9.17, 15) is 4.79 Å². The van der Waals surface area contributed by atoms with Gasteiger partial charge in [-0.05, 0) is 44.1 Å². The van der Waals surface area contributed by atoms with E-state index < -0.39 is 5.97 Å². The van der Waals surface area contributed by atoms with E-state index in [1.807, 2.05) is 25.1 Å². The Kier molecular flexibility index (Phi) is 6.98. The van der Waals surface area contributed by atoms with Gasteiger partial charge in [0, 0.05) is 30.8 Å². The van der Waals surface area contributed by atoms with Gasteiger partial charge in [-0.3, -0.25) is 4.79 Å². The van der Waals surface area contributed by atoms with Gasteiger partial charge in [0.05, 0.1) is 0 Å². The van der Waals surface area contributed by atoms with Gasteiger partial charge in [-0.1, -0.05) is 42.4 Å². The van der Waals surface area contributed by atoms with E-state index in [2.05, 4.69) is 27.6 Å². The average molecular weight is 371 g/mol. The van der Waals surface area contributed by atoms with Crippen molar-refractivity contribution in [1.82, 2.24) is 15.5 Å². The molecule has 146 valence electrons. The number of benzene rings is 1. The molecule has 0 aliphatic heterocycles. The zero-order valence-electron chi connectivity index (χ0n) is 15.9. The van der Waals surface area contributed by atoms with Gasteiger partial charge in [0.1, 0.15) is 0 Å². The Bertz CT molecular complexity index is 708. The van der Waals surface area contributed by atoms with Crippen LogP contribution in [0.25, 0.3) is 0 Å². The lowest BCUT2D eigenvalue weighted by molar-refractivity contribution is -0.137. The van der Waals surface area contributed by atoms with Crippen LogP contribution in [0.3, 0.4) is 0 Å². The number of carboxylic acids is 1. The molecule has 1 aliphatic carbocycles. The van der Waals surface area contributed by atoms with Crippen molar-refractivity contribution in [2.45, 2.75) is 76.3 Å². The smallest absolute Gasteiger partial charge is 0.303 e. The van der Waals surface area contributed by atoms with Gasteiger partial charge < -0.3 is 14.9 Å². The number of hydrogen-bond donors (Lipinski definition) is 2. The molecule has 0 saturated heterocycles. The highest BCUT2D eigenvalue weighted by Crippen LogP contribution is 2.32. The monoisotopic (exact) mass is 371 g/mol. The summed E-state index contributed by atoms with van der Waals surface area (Å²) in [5.74, 6) is 1.17. The molecule has 2 aromatic rings. The predicted molar refractivity (Wildman–Crippen MR) is 103 cm³/mol. The van der Waals surface area contributed by atoms with E-state index in [1.165, 1.54) is 5.56 Å². The predicted octanol–water partition coefficient (Wildman–Crippen LogP) is 3.72. The lowest BCUT2D eigenvalue weighted by Crippen LogP contribution is -2.41.